The highest BCUT2D eigenvalue weighted by Gasteiger charge is 2.52. The van der Waals surface area contributed by atoms with Crippen molar-refractivity contribution in [2.24, 2.45) is 0 Å². The summed E-state index contributed by atoms with van der Waals surface area (Å²) in [7, 11) is -1.32. The van der Waals surface area contributed by atoms with Crippen LogP contribution in [0.15, 0.2) is 0 Å². The standard InChI is InChI=1S/C8H18NO6PS/c1-9(2)4-6-17-5-3-8(12,7(10)11)16(13,14)15/h12H,3-6H2,1-2H3,(H,10,11)(H2,13,14,15). The summed E-state index contributed by atoms with van der Waals surface area (Å²) < 4.78 is 10.9. The normalized spacial score (nSPS) is 15.9. The van der Waals surface area contributed by atoms with Gasteiger partial charge >= 0.3 is 13.6 Å². The van der Waals surface area contributed by atoms with Gasteiger partial charge in [-0.05, 0) is 19.8 Å². The largest absolute Gasteiger partial charge is 0.479 e. The van der Waals surface area contributed by atoms with Crippen molar-refractivity contribution in [2.75, 3.05) is 32.1 Å². The number of hydrogen-bond donors (Lipinski definition) is 4. The van der Waals surface area contributed by atoms with Crippen LogP contribution in [-0.4, -0.2) is 68.4 Å². The maximum atomic E-state index is 10.9. The van der Waals surface area contributed by atoms with Gasteiger partial charge in [0.15, 0.2) is 0 Å². The molecular weight excluding hydrogens is 269 g/mol. The quantitative estimate of drug-likeness (QED) is 0.352. The predicted molar refractivity (Wildman–Crippen MR) is 65.1 cm³/mol. The molecule has 1 atom stereocenters. The smallest absolute Gasteiger partial charge is 0.368 e. The summed E-state index contributed by atoms with van der Waals surface area (Å²) in [6.07, 6.45) is -0.481. The molecule has 0 aliphatic rings. The van der Waals surface area contributed by atoms with Crippen LogP contribution in [-0.2, 0) is 9.36 Å². The fourth-order valence-electron chi connectivity index (χ4n) is 0.941. The molecule has 102 valence electrons. The van der Waals surface area contributed by atoms with Gasteiger partial charge in [-0.25, -0.2) is 4.79 Å². The van der Waals surface area contributed by atoms with E-state index in [2.05, 4.69) is 0 Å². The first-order valence-corrected chi connectivity index (χ1v) is 7.62. The van der Waals surface area contributed by atoms with E-state index in [1.54, 1.807) is 0 Å². The summed E-state index contributed by atoms with van der Waals surface area (Å²) in [6.45, 7) is 0.770. The minimum Gasteiger partial charge on any atom is -0.479 e. The topological polar surface area (TPSA) is 118 Å². The van der Waals surface area contributed by atoms with Crippen LogP contribution in [0.2, 0.25) is 0 Å². The Hall–Kier alpha value is -0.110. The first-order valence-electron chi connectivity index (χ1n) is 4.85. The lowest BCUT2D eigenvalue weighted by Gasteiger charge is -2.23. The van der Waals surface area contributed by atoms with Gasteiger partial charge in [0.1, 0.15) is 0 Å². The summed E-state index contributed by atoms with van der Waals surface area (Å²) in [5.41, 5.74) is 0. The van der Waals surface area contributed by atoms with Crippen LogP contribution in [0, 0.1) is 0 Å². The highest BCUT2D eigenvalue weighted by atomic mass is 32.2. The molecule has 7 nitrogen and oxygen atoms in total. The van der Waals surface area contributed by atoms with Gasteiger partial charge in [-0.2, -0.15) is 11.8 Å². The zero-order valence-corrected chi connectivity index (χ0v) is 11.4. The fraction of sp³-hybridized carbons (Fsp3) is 0.875. The number of carboxylic acid groups (broad SMARTS) is 1. The second-order valence-electron chi connectivity index (χ2n) is 3.83. The highest BCUT2D eigenvalue weighted by Crippen LogP contribution is 2.51. The van der Waals surface area contributed by atoms with Crippen molar-refractivity contribution in [3.8, 4) is 0 Å². The average Bonchev–Trinajstić information content (AvgIpc) is 2.14. The van der Waals surface area contributed by atoms with Crippen molar-refractivity contribution in [3.63, 3.8) is 0 Å². The molecule has 0 rings (SSSR count). The molecule has 0 saturated carbocycles. The van der Waals surface area contributed by atoms with Crippen molar-refractivity contribution < 1.29 is 29.4 Å². The zero-order valence-electron chi connectivity index (χ0n) is 9.74. The molecule has 4 N–H and O–H groups in total. The Balaban J connectivity index is 4.22. The molecule has 0 fully saturated rings. The molecule has 0 aromatic carbocycles. The summed E-state index contributed by atoms with van der Waals surface area (Å²) in [5.74, 6) is -1.02. The minimum absolute atomic E-state index is 0.168. The van der Waals surface area contributed by atoms with E-state index in [0.29, 0.717) is 5.75 Å². The van der Waals surface area contributed by atoms with Gasteiger partial charge in [-0.15, -0.1) is 0 Å². The summed E-state index contributed by atoms with van der Waals surface area (Å²) in [4.78, 5) is 30.2. The van der Waals surface area contributed by atoms with Crippen LogP contribution >= 0.6 is 19.4 Å². The monoisotopic (exact) mass is 287 g/mol. The minimum atomic E-state index is -5.08. The lowest BCUT2D eigenvalue weighted by Crippen LogP contribution is -2.38. The molecular formula is C8H18NO6PS. The third-order valence-electron chi connectivity index (χ3n) is 2.10. The lowest BCUT2D eigenvalue weighted by atomic mass is 10.3. The van der Waals surface area contributed by atoms with Gasteiger partial charge in [0.2, 0.25) is 0 Å². The third-order valence-corrected chi connectivity index (χ3v) is 4.44. The van der Waals surface area contributed by atoms with Crippen molar-refractivity contribution in [3.05, 3.63) is 0 Å². The van der Waals surface area contributed by atoms with E-state index in [1.807, 2.05) is 19.0 Å². The molecule has 0 radical (unpaired) electrons. The fourth-order valence-corrected chi connectivity index (χ4v) is 2.88. The Morgan fingerprint density at radius 3 is 2.24 bits per heavy atom. The van der Waals surface area contributed by atoms with Crippen LogP contribution < -0.4 is 0 Å². The van der Waals surface area contributed by atoms with Crippen LogP contribution in [0.5, 0.6) is 0 Å². The number of nitrogens with zero attached hydrogens (tertiary/aromatic N) is 1. The van der Waals surface area contributed by atoms with Crippen molar-refractivity contribution >= 4 is 25.3 Å². The first kappa shape index (κ1) is 16.9. The van der Waals surface area contributed by atoms with Gasteiger partial charge in [0.05, 0.1) is 0 Å². The number of aliphatic hydroxyl groups is 1. The molecule has 0 heterocycles. The molecule has 17 heavy (non-hydrogen) atoms. The highest BCUT2D eigenvalue weighted by molar-refractivity contribution is 7.99. The molecule has 0 aliphatic carbocycles. The molecule has 0 bridgehead atoms. The molecule has 9 heteroatoms. The van der Waals surface area contributed by atoms with Gasteiger partial charge in [-0.3, -0.25) is 4.57 Å². The Morgan fingerprint density at radius 2 is 1.88 bits per heavy atom. The summed E-state index contributed by atoms with van der Waals surface area (Å²) in [5, 5.41) is 15.1. The van der Waals surface area contributed by atoms with Crippen LogP contribution in [0.1, 0.15) is 6.42 Å². The van der Waals surface area contributed by atoms with Gasteiger partial charge in [0, 0.05) is 18.7 Å². The Labute approximate surface area is 104 Å². The second kappa shape index (κ2) is 6.72. The number of thioether (sulfide) groups is 1. The predicted octanol–water partition coefficient (Wildman–Crippen LogP) is -0.378. The number of carbonyl (C=O) groups is 1. The molecule has 0 amide bonds. The van der Waals surface area contributed by atoms with Gasteiger partial charge < -0.3 is 24.9 Å². The summed E-state index contributed by atoms with van der Waals surface area (Å²) in [6, 6.07) is 0. The SMILES string of the molecule is CN(C)CCSCCC(O)(C(=O)O)P(=O)(O)O. The van der Waals surface area contributed by atoms with Crippen LogP contribution in [0.25, 0.3) is 0 Å². The Kier molecular flexibility index (Phi) is 6.68. The third kappa shape index (κ3) is 5.37. The first-order chi connectivity index (χ1) is 7.61. The van der Waals surface area contributed by atoms with E-state index in [-0.39, 0.29) is 5.75 Å². The number of carboxylic acids is 1. The Bertz CT molecular complexity index is 306. The lowest BCUT2D eigenvalue weighted by molar-refractivity contribution is -0.151. The van der Waals surface area contributed by atoms with Crippen molar-refractivity contribution in [1.29, 1.82) is 0 Å². The second-order valence-corrected chi connectivity index (χ2v) is 6.88. The van der Waals surface area contributed by atoms with Gasteiger partial charge in [0.25, 0.3) is 5.34 Å². The Morgan fingerprint density at radius 1 is 1.35 bits per heavy atom. The van der Waals surface area contributed by atoms with Crippen molar-refractivity contribution in [2.45, 2.75) is 11.8 Å². The maximum absolute atomic E-state index is 10.9. The molecule has 0 saturated heterocycles. The average molecular weight is 287 g/mol. The number of aliphatic carboxylic acids is 1. The van der Waals surface area contributed by atoms with Gasteiger partial charge in [-0.1, -0.05) is 0 Å². The van der Waals surface area contributed by atoms with Crippen LogP contribution in [0.3, 0.4) is 0 Å². The van der Waals surface area contributed by atoms with E-state index in [1.165, 1.54) is 11.8 Å². The maximum Gasteiger partial charge on any atom is 0.368 e. The summed E-state index contributed by atoms with van der Waals surface area (Å²) >= 11 is 1.33. The molecule has 0 spiro atoms. The van der Waals surface area contributed by atoms with E-state index in [0.717, 1.165) is 6.54 Å². The molecule has 0 aromatic heterocycles. The van der Waals surface area contributed by atoms with E-state index in [9.17, 15) is 14.5 Å². The van der Waals surface area contributed by atoms with E-state index < -0.39 is 25.3 Å². The number of hydrogen-bond acceptors (Lipinski definition) is 5. The van der Waals surface area contributed by atoms with E-state index >= 15 is 0 Å². The zero-order chi connectivity index (χ0) is 13.7. The van der Waals surface area contributed by atoms with Crippen LogP contribution in [0.4, 0.5) is 0 Å². The molecule has 0 aromatic rings. The number of rotatable bonds is 8. The van der Waals surface area contributed by atoms with E-state index in [4.69, 9.17) is 14.9 Å². The van der Waals surface area contributed by atoms with Crippen molar-refractivity contribution in [1.82, 2.24) is 4.90 Å². The molecule has 0 aliphatic heterocycles. The molecule has 1 unspecified atom stereocenters.